The van der Waals surface area contributed by atoms with Crippen LogP contribution in [-0.2, 0) is 4.79 Å². The van der Waals surface area contributed by atoms with Crippen LogP contribution in [-0.4, -0.2) is 33.1 Å². The largest absolute Gasteiger partial charge is 0.573 e. The molecule has 1 saturated heterocycles. The quantitative estimate of drug-likeness (QED) is 0.335. The third-order valence-corrected chi connectivity index (χ3v) is 3.60. The molecule has 1 heterocycles. The first-order valence-corrected chi connectivity index (χ1v) is 7.25. The van der Waals surface area contributed by atoms with Gasteiger partial charge in [0.2, 0.25) is 0 Å². The number of carbonyl (C=O) groups is 2. The van der Waals surface area contributed by atoms with Gasteiger partial charge in [0.05, 0.1) is 5.69 Å². The Hall–Kier alpha value is -1.39. The van der Waals surface area contributed by atoms with Gasteiger partial charge in [-0.05, 0) is 24.3 Å². The first-order chi connectivity index (χ1) is 10.5. The molecule has 1 aliphatic heterocycles. The van der Waals surface area contributed by atoms with Gasteiger partial charge in [-0.3, -0.25) is 9.10 Å². The van der Waals surface area contributed by atoms with Gasteiger partial charge in [0, 0.05) is 11.9 Å². The molecular weight excluding hydrogens is 387 g/mol. The highest BCUT2D eigenvalue weighted by Crippen LogP contribution is 2.40. The monoisotopic (exact) mass is 392 g/mol. The van der Waals surface area contributed by atoms with Gasteiger partial charge in [-0.15, -0.1) is 13.2 Å². The molecule has 0 spiro atoms. The number of urea groups is 1. The first-order valence-electron chi connectivity index (χ1n) is 5.72. The number of nitrogens with zero attached hydrogens (tertiary/aromatic N) is 2. The summed E-state index contributed by atoms with van der Waals surface area (Å²) < 4.78 is 50.9. The molecule has 3 amide bonds. The van der Waals surface area contributed by atoms with Crippen molar-refractivity contribution in [2.45, 2.75) is 10.3 Å². The Labute approximate surface area is 141 Å². The van der Waals surface area contributed by atoms with Crippen molar-refractivity contribution in [3.05, 3.63) is 24.3 Å². The average Bonchev–Trinajstić information content (AvgIpc) is 2.62. The minimum atomic E-state index is -4.86. The fourth-order valence-corrected chi connectivity index (χ4v) is 2.81. The van der Waals surface area contributed by atoms with Crippen LogP contribution in [0.5, 0.6) is 5.75 Å². The number of halogens is 6. The van der Waals surface area contributed by atoms with E-state index in [2.05, 4.69) is 4.74 Å². The molecule has 5 nitrogen and oxygen atoms in total. The number of hydrogen-bond donors (Lipinski definition) is 0. The number of alkyl halides is 6. The number of ether oxygens (including phenoxy) is 1. The highest BCUT2D eigenvalue weighted by atomic mass is 35.5. The highest BCUT2D eigenvalue weighted by molar-refractivity contribution is 8.01. The molecule has 0 N–H and O–H groups in total. The number of amides is 3. The fourth-order valence-electron chi connectivity index (χ4n) is 1.73. The second-order valence-electron chi connectivity index (χ2n) is 4.13. The number of benzene rings is 1. The van der Waals surface area contributed by atoms with Crippen LogP contribution < -0.4 is 9.64 Å². The summed E-state index contributed by atoms with van der Waals surface area (Å²) in [6.07, 6.45) is -4.86. The van der Waals surface area contributed by atoms with Gasteiger partial charge in [-0.2, -0.15) is 4.39 Å². The predicted octanol–water partition coefficient (Wildman–Crippen LogP) is 4.06. The van der Waals surface area contributed by atoms with Gasteiger partial charge in [0.15, 0.2) is 0 Å². The molecule has 1 fully saturated rings. The van der Waals surface area contributed by atoms with E-state index in [0.717, 1.165) is 24.3 Å². The summed E-state index contributed by atoms with van der Waals surface area (Å²) in [7, 11) is 0. The lowest BCUT2D eigenvalue weighted by atomic mass is 10.3. The third-order valence-electron chi connectivity index (χ3n) is 2.48. The Morgan fingerprint density at radius 1 is 1.09 bits per heavy atom. The topological polar surface area (TPSA) is 49.9 Å². The average molecular weight is 393 g/mol. The maximum atomic E-state index is 13.1. The number of rotatable bonds is 4. The molecule has 0 aliphatic carbocycles. The fraction of sp³-hybridized carbons (Fsp3) is 0.273. The van der Waals surface area contributed by atoms with E-state index in [1.807, 2.05) is 0 Å². The number of anilines is 1. The van der Waals surface area contributed by atoms with Gasteiger partial charge in [0.25, 0.3) is 5.91 Å². The van der Waals surface area contributed by atoms with Crippen LogP contribution in [0.4, 0.5) is 28.0 Å². The van der Waals surface area contributed by atoms with E-state index >= 15 is 0 Å². The Bertz CT molecular complexity index is 621. The van der Waals surface area contributed by atoms with Crippen LogP contribution in [0.2, 0.25) is 0 Å². The summed E-state index contributed by atoms with van der Waals surface area (Å²) >= 11 is 10.3. The van der Waals surface area contributed by atoms with Crippen LogP contribution in [0.1, 0.15) is 0 Å². The summed E-state index contributed by atoms with van der Waals surface area (Å²) in [5, 5.41) is 0. The summed E-state index contributed by atoms with van der Waals surface area (Å²) in [5.41, 5.74) is -0.00812. The molecule has 0 saturated carbocycles. The zero-order chi connectivity index (χ0) is 17.4. The molecule has 0 bridgehead atoms. The van der Waals surface area contributed by atoms with E-state index in [1.54, 1.807) is 0 Å². The van der Waals surface area contributed by atoms with Crippen molar-refractivity contribution >= 4 is 52.8 Å². The zero-order valence-electron chi connectivity index (χ0n) is 10.8. The smallest absolute Gasteiger partial charge is 0.406 e. The van der Waals surface area contributed by atoms with Crippen molar-refractivity contribution in [2.75, 3.05) is 11.4 Å². The molecule has 126 valence electrons. The Morgan fingerprint density at radius 3 is 2.13 bits per heavy atom. The summed E-state index contributed by atoms with van der Waals surface area (Å²) in [5.74, 6) is -1.24. The van der Waals surface area contributed by atoms with E-state index < -0.39 is 34.5 Å². The maximum Gasteiger partial charge on any atom is 0.573 e. The van der Waals surface area contributed by atoms with Crippen LogP contribution in [0.25, 0.3) is 0 Å². The lowest BCUT2D eigenvalue weighted by molar-refractivity contribution is -0.274. The molecule has 23 heavy (non-hydrogen) atoms. The van der Waals surface area contributed by atoms with E-state index in [0.29, 0.717) is 9.21 Å². The SMILES string of the molecule is O=C1CN(SC(F)(Cl)Cl)C(=O)N1c1ccc(OC(F)(F)F)cc1. The third kappa shape index (κ3) is 4.79. The molecule has 0 atom stereocenters. The lowest BCUT2D eigenvalue weighted by Crippen LogP contribution is -2.31. The van der Waals surface area contributed by atoms with Gasteiger partial charge in [-0.25, -0.2) is 9.69 Å². The van der Waals surface area contributed by atoms with Crippen molar-refractivity contribution < 1.29 is 31.9 Å². The number of carbonyl (C=O) groups excluding carboxylic acids is 2. The van der Waals surface area contributed by atoms with Crippen LogP contribution >= 0.6 is 35.1 Å². The van der Waals surface area contributed by atoms with Gasteiger partial charge in [0.1, 0.15) is 12.3 Å². The normalized spacial score (nSPS) is 16.3. The molecule has 12 heteroatoms. The first kappa shape index (κ1) is 18.0. The minimum Gasteiger partial charge on any atom is -0.406 e. The Morgan fingerprint density at radius 2 is 1.65 bits per heavy atom. The molecule has 0 radical (unpaired) electrons. The molecule has 1 aromatic rings. The van der Waals surface area contributed by atoms with Gasteiger partial charge in [-0.1, -0.05) is 23.2 Å². The molecular formula is C11H6Cl2F4N2O3S. The van der Waals surface area contributed by atoms with E-state index in [-0.39, 0.29) is 17.6 Å². The summed E-state index contributed by atoms with van der Waals surface area (Å²) in [6, 6.07) is 3.10. The minimum absolute atomic E-state index is 0.00812. The second-order valence-corrected chi connectivity index (χ2v) is 7.00. The standard InChI is InChI=1S/C11H6Cl2F4N2O3S/c12-10(13,14)23-18-5-8(20)19(9(18)21)6-1-3-7(4-2-6)22-11(15,16)17/h1-4H,5H2. The van der Waals surface area contributed by atoms with Crippen LogP contribution in [0.15, 0.2) is 24.3 Å². The predicted molar refractivity (Wildman–Crippen MR) is 75.8 cm³/mol. The molecule has 0 unspecified atom stereocenters. The zero-order valence-corrected chi connectivity index (χ0v) is 13.1. The van der Waals surface area contributed by atoms with Crippen molar-refractivity contribution in [2.24, 2.45) is 0 Å². The van der Waals surface area contributed by atoms with Gasteiger partial charge >= 0.3 is 16.3 Å². The summed E-state index contributed by atoms with van der Waals surface area (Å²) in [4.78, 5) is 24.5. The molecule has 2 rings (SSSR count). The van der Waals surface area contributed by atoms with E-state index in [1.165, 1.54) is 0 Å². The molecule has 1 aliphatic rings. The Kier molecular flexibility index (Phi) is 4.88. The van der Waals surface area contributed by atoms with Crippen molar-refractivity contribution in [1.82, 2.24) is 4.31 Å². The van der Waals surface area contributed by atoms with Crippen molar-refractivity contribution in [3.63, 3.8) is 0 Å². The van der Waals surface area contributed by atoms with Crippen LogP contribution in [0, 0.1) is 0 Å². The van der Waals surface area contributed by atoms with Crippen LogP contribution in [0.3, 0.4) is 0 Å². The van der Waals surface area contributed by atoms with E-state index in [4.69, 9.17) is 23.2 Å². The number of imide groups is 1. The highest BCUT2D eigenvalue weighted by Gasteiger charge is 2.42. The summed E-state index contributed by atoms with van der Waals surface area (Å²) in [6.45, 7) is -0.491. The maximum absolute atomic E-state index is 13.1. The lowest BCUT2D eigenvalue weighted by Gasteiger charge is -2.18. The second kappa shape index (κ2) is 6.25. The van der Waals surface area contributed by atoms with Gasteiger partial charge < -0.3 is 4.74 Å². The van der Waals surface area contributed by atoms with Crippen molar-refractivity contribution in [1.29, 1.82) is 0 Å². The van der Waals surface area contributed by atoms with Crippen molar-refractivity contribution in [3.8, 4) is 5.75 Å². The Balaban J connectivity index is 2.15. The molecule has 1 aromatic carbocycles. The number of hydrogen-bond acceptors (Lipinski definition) is 4. The van der Waals surface area contributed by atoms with E-state index in [9.17, 15) is 27.2 Å². The molecule has 0 aromatic heterocycles.